The Balaban J connectivity index is 1.51. The molecule has 2 saturated carbocycles. The van der Waals surface area contributed by atoms with E-state index in [1.165, 1.54) is 19.3 Å². The lowest BCUT2D eigenvalue weighted by Crippen LogP contribution is -2.48. The van der Waals surface area contributed by atoms with Crippen molar-refractivity contribution in [2.45, 2.75) is 75.2 Å². The molecule has 0 aromatic carbocycles. The molecule has 1 heterocycles. The summed E-state index contributed by atoms with van der Waals surface area (Å²) in [5.41, 5.74) is 6.13. The lowest BCUT2D eigenvalue weighted by molar-refractivity contribution is -0.178. The van der Waals surface area contributed by atoms with Crippen molar-refractivity contribution in [3.05, 3.63) is 0 Å². The smallest absolute Gasteiger partial charge is 0.0707 e. The second-order valence-electron chi connectivity index (χ2n) is 5.83. The summed E-state index contributed by atoms with van der Waals surface area (Å²) in [4.78, 5) is 0. The van der Waals surface area contributed by atoms with Crippen molar-refractivity contribution >= 4 is 0 Å². The standard InChI is InChI=1S/C13H23NO2/c14-10-2-3-11(8-10)16-12-4-7-15-13(9-12)5-1-6-13/h10-12H,1-9,14H2. The lowest BCUT2D eigenvalue weighted by atomic mass is 9.74. The Morgan fingerprint density at radius 3 is 2.62 bits per heavy atom. The topological polar surface area (TPSA) is 44.5 Å². The molecule has 1 spiro atoms. The molecule has 0 amide bonds. The third-order valence-electron chi connectivity index (χ3n) is 4.52. The van der Waals surface area contributed by atoms with E-state index in [0.29, 0.717) is 18.2 Å². The molecule has 3 unspecified atom stereocenters. The normalized spacial score (nSPS) is 42.2. The molecule has 2 aliphatic carbocycles. The van der Waals surface area contributed by atoms with Gasteiger partial charge in [-0.1, -0.05) is 0 Å². The van der Waals surface area contributed by atoms with E-state index in [2.05, 4.69) is 0 Å². The third-order valence-corrected chi connectivity index (χ3v) is 4.52. The van der Waals surface area contributed by atoms with Gasteiger partial charge in [0.25, 0.3) is 0 Å². The molecule has 3 atom stereocenters. The molecule has 3 fully saturated rings. The van der Waals surface area contributed by atoms with Crippen LogP contribution in [0.2, 0.25) is 0 Å². The minimum atomic E-state index is 0.212. The van der Waals surface area contributed by atoms with Crippen molar-refractivity contribution in [2.75, 3.05) is 6.61 Å². The van der Waals surface area contributed by atoms with Crippen molar-refractivity contribution < 1.29 is 9.47 Å². The Hall–Kier alpha value is -0.120. The van der Waals surface area contributed by atoms with Gasteiger partial charge in [-0.15, -0.1) is 0 Å². The van der Waals surface area contributed by atoms with E-state index >= 15 is 0 Å². The quantitative estimate of drug-likeness (QED) is 0.781. The van der Waals surface area contributed by atoms with Crippen LogP contribution in [0.15, 0.2) is 0 Å². The Kier molecular flexibility index (Phi) is 2.94. The largest absolute Gasteiger partial charge is 0.375 e. The predicted octanol–water partition coefficient (Wildman–Crippen LogP) is 1.98. The minimum absolute atomic E-state index is 0.212. The first-order valence-electron chi connectivity index (χ1n) is 6.81. The molecule has 3 rings (SSSR count). The van der Waals surface area contributed by atoms with Crippen LogP contribution in [-0.4, -0.2) is 30.5 Å². The minimum Gasteiger partial charge on any atom is -0.375 e. The maximum absolute atomic E-state index is 6.19. The van der Waals surface area contributed by atoms with E-state index in [1.54, 1.807) is 0 Å². The molecule has 0 bridgehead atoms. The fourth-order valence-corrected chi connectivity index (χ4v) is 3.39. The molecule has 92 valence electrons. The van der Waals surface area contributed by atoms with Gasteiger partial charge in [0.1, 0.15) is 0 Å². The highest BCUT2D eigenvalue weighted by Crippen LogP contribution is 2.43. The van der Waals surface area contributed by atoms with Gasteiger partial charge in [0.2, 0.25) is 0 Å². The van der Waals surface area contributed by atoms with E-state index in [1.807, 2.05) is 0 Å². The Morgan fingerprint density at radius 1 is 1.12 bits per heavy atom. The van der Waals surface area contributed by atoms with Gasteiger partial charge >= 0.3 is 0 Å². The second kappa shape index (κ2) is 4.28. The van der Waals surface area contributed by atoms with E-state index in [4.69, 9.17) is 15.2 Å². The Labute approximate surface area is 97.7 Å². The highest BCUT2D eigenvalue weighted by atomic mass is 16.5. The molecule has 3 aliphatic rings. The van der Waals surface area contributed by atoms with E-state index in [-0.39, 0.29) is 5.60 Å². The van der Waals surface area contributed by atoms with E-state index in [0.717, 1.165) is 38.7 Å². The zero-order valence-electron chi connectivity index (χ0n) is 9.99. The maximum atomic E-state index is 6.19. The fraction of sp³-hybridized carbons (Fsp3) is 1.00. The van der Waals surface area contributed by atoms with Crippen molar-refractivity contribution in [3.63, 3.8) is 0 Å². The maximum Gasteiger partial charge on any atom is 0.0707 e. The van der Waals surface area contributed by atoms with Crippen LogP contribution >= 0.6 is 0 Å². The van der Waals surface area contributed by atoms with Gasteiger partial charge in [-0.05, 0) is 44.9 Å². The van der Waals surface area contributed by atoms with Crippen molar-refractivity contribution in [1.82, 2.24) is 0 Å². The average Bonchev–Trinajstić information content (AvgIpc) is 2.62. The average molecular weight is 225 g/mol. The molecule has 2 N–H and O–H groups in total. The third kappa shape index (κ3) is 2.13. The lowest BCUT2D eigenvalue weighted by Gasteiger charge is -2.47. The summed E-state index contributed by atoms with van der Waals surface area (Å²) in [6.45, 7) is 0.892. The van der Waals surface area contributed by atoms with Gasteiger partial charge in [-0.3, -0.25) is 0 Å². The molecule has 3 heteroatoms. The van der Waals surface area contributed by atoms with Crippen LogP contribution in [0.4, 0.5) is 0 Å². The zero-order valence-corrected chi connectivity index (χ0v) is 9.99. The molecule has 3 nitrogen and oxygen atoms in total. The second-order valence-corrected chi connectivity index (χ2v) is 5.83. The van der Waals surface area contributed by atoms with E-state index in [9.17, 15) is 0 Å². The van der Waals surface area contributed by atoms with Crippen molar-refractivity contribution in [2.24, 2.45) is 5.73 Å². The SMILES string of the molecule is NC1CCC(OC2CCOC3(CCC3)C2)C1. The summed E-state index contributed by atoms with van der Waals surface area (Å²) in [5, 5.41) is 0. The summed E-state index contributed by atoms with van der Waals surface area (Å²) >= 11 is 0. The first-order valence-corrected chi connectivity index (χ1v) is 6.81. The Morgan fingerprint density at radius 2 is 2.00 bits per heavy atom. The van der Waals surface area contributed by atoms with Crippen LogP contribution in [0.1, 0.15) is 51.4 Å². The van der Waals surface area contributed by atoms with Gasteiger partial charge in [-0.25, -0.2) is 0 Å². The molecular formula is C13H23NO2. The highest BCUT2D eigenvalue weighted by molar-refractivity contribution is 4.95. The van der Waals surface area contributed by atoms with Gasteiger partial charge in [-0.2, -0.15) is 0 Å². The van der Waals surface area contributed by atoms with Crippen LogP contribution in [0, 0.1) is 0 Å². The number of hydrogen-bond donors (Lipinski definition) is 1. The monoisotopic (exact) mass is 225 g/mol. The number of rotatable bonds is 2. The van der Waals surface area contributed by atoms with E-state index < -0.39 is 0 Å². The van der Waals surface area contributed by atoms with Gasteiger partial charge in [0.05, 0.1) is 17.8 Å². The van der Waals surface area contributed by atoms with Crippen molar-refractivity contribution in [1.29, 1.82) is 0 Å². The molecular weight excluding hydrogens is 202 g/mol. The zero-order chi connectivity index (χ0) is 11.0. The van der Waals surface area contributed by atoms with Gasteiger partial charge < -0.3 is 15.2 Å². The van der Waals surface area contributed by atoms with Crippen LogP contribution in [-0.2, 0) is 9.47 Å². The summed E-state index contributed by atoms with van der Waals surface area (Å²) in [7, 11) is 0. The summed E-state index contributed by atoms with van der Waals surface area (Å²) in [6.07, 6.45) is 10.2. The molecule has 16 heavy (non-hydrogen) atoms. The van der Waals surface area contributed by atoms with Gasteiger partial charge in [0, 0.05) is 19.1 Å². The van der Waals surface area contributed by atoms with Crippen molar-refractivity contribution in [3.8, 4) is 0 Å². The molecule has 0 radical (unpaired) electrons. The summed E-state index contributed by atoms with van der Waals surface area (Å²) < 4.78 is 12.1. The number of ether oxygens (including phenoxy) is 2. The molecule has 1 saturated heterocycles. The van der Waals surface area contributed by atoms with Gasteiger partial charge in [0.15, 0.2) is 0 Å². The Bertz CT molecular complexity index is 252. The first kappa shape index (κ1) is 11.0. The molecule has 0 aromatic rings. The number of nitrogens with two attached hydrogens (primary N) is 1. The molecule has 1 aliphatic heterocycles. The molecule has 0 aromatic heterocycles. The van der Waals surface area contributed by atoms with Crippen LogP contribution in [0.5, 0.6) is 0 Å². The van der Waals surface area contributed by atoms with Crippen LogP contribution in [0.25, 0.3) is 0 Å². The fourth-order valence-electron chi connectivity index (χ4n) is 3.39. The predicted molar refractivity (Wildman–Crippen MR) is 62.3 cm³/mol. The number of hydrogen-bond acceptors (Lipinski definition) is 3. The summed E-state index contributed by atoms with van der Waals surface area (Å²) in [6, 6.07) is 0.377. The highest BCUT2D eigenvalue weighted by Gasteiger charge is 2.43. The van der Waals surface area contributed by atoms with Crippen LogP contribution in [0.3, 0.4) is 0 Å². The van der Waals surface area contributed by atoms with Crippen LogP contribution < -0.4 is 5.73 Å². The summed E-state index contributed by atoms with van der Waals surface area (Å²) in [5.74, 6) is 0. The first-order chi connectivity index (χ1) is 7.76.